The lowest BCUT2D eigenvalue weighted by Gasteiger charge is -2.14. The normalized spacial score (nSPS) is 11.8. The van der Waals surface area contributed by atoms with E-state index in [1.807, 2.05) is 30.3 Å². The Bertz CT molecular complexity index is 567. The fourth-order valence-corrected chi connectivity index (χ4v) is 1.94. The highest BCUT2D eigenvalue weighted by Gasteiger charge is 2.24. The number of hydrogen-bond donors (Lipinski definition) is 1. The largest absolute Gasteiger partial charge is 0.370 e. The first-order valence-electron chi connectivity index (χ1n) is 5.97. The number of nitrogens with zero attached hydrogens (tertiary/aromatic N) is 1. The molecule has 0 saturated carbocycles. The van der Waals surface area contributed by atoms with Crippen molar-refractivity contribution in [1.29, 1.82) is 0 Å². The van der Waals surface area contributed by atoms with Crippen molar-refractivity contribution < 1.29 is 9.59 Å². The molecule has 1 aromatic heterocycles. The van der Waals surface area contributed by atoms with Gasteiger partial charge in [0.2, 0.25) is 5.91 Å². The number of pyridine rings is 1. The molecule has 0 aliphatic rings. The standard InChI is InChI=1S/C15H14N2O2/c16-14(18)10-12(11-6-2-1-3-7-11)15(19)13-8-4-5-9-17-13/h1-9,12H,10H2,(H2,16,18). The van der Waals surface area contributed by atoms with E-state index in [2.05, 4.69) is 4.98 Å². The number of rotatable bonds is 5. The van der Waals surface area contributed by atoms with E-state index in [-0.39, 0.29) is 12.2 Å². The fraction of sp³-hybridized carbons (Fsp3) is 0.133. The van der Waals surface area contributed by atoms with Gasteiger partial charge in [0.1, 0.15) is 5.69 Å². The SMILES string of the molecule is NC(=O)CC(C(=O)c1ccccn1)c1ccccc1. The first kappa shape index (κ1) is 13.0. The van der Waals surface area contributed by atoms with Crippen LogP contribution >= 0.6 is 0 Å². The minimum absolute atomic E-state index is 0.0145. The number of nitrogens with two attached hydrogens (primary N) is 1. The maximum Gasteiger partial charge on any atom is 0.218 e. The zero-order valence-electron chi connectivity index (χ0n) is 10.3. The van der Waals surface area contributed by atoms with Crippen molar-refractivity contribution in [1.82, 2.24) is 4.98 Å². The van der Waals surface area contributed by atoms with Crippen molar-refractivity contribution >= 4 is 11.7 Å². The number of aromatic nitrogens is 1. The molecule has 4 heteroatoms. The summed E-state index contributed by atoms with van der Waals surface area (Å²) in [6, 6.07) is 14.3. The number of primary amides is 1. The topological polar surface area (TPSA) is 73.1 Å². The van der Waals surface area contributed by atoms with Gasteiger partial charge in [-0.15, -0.1) is 0 Å². The summed E-state index contributed by atoms with van der Waals surface area (Å²) >= 11 is 0. The average Bonchev–Trinajstić information content (AvgIpc) is 2.46. The highest BCUT2D eigenvalue weighted by molar-refractivity contribution is 6.01. The molecule has 1 atom stereocenters. The molecule has 0 aliphatic heterocycles. The van der Waals surface area contributed by atoms with E-state index in [1.165, 1.54) is 0 Å². The summed E-state index contributed by atoms with van der Waals surface area (Å²) in [5.74, 6) is -1.27. The first-order valence-corrected chi connectivity index (χ1v) is 5.97. The molecular formula is C15H14N2O2. The van der Waals surface area contributed by atoms with Gasteiger partial charge in [0.25, 0.3) is 0 Å². The van der Waals surface area contributed by atoms with E-state index in [0.29, 0.717) is 5.69 Å². The third-order valence-corrected chi connectivity index (χ3v) is 2.84. The van der Waals surface area contributed by atoms with Crippen LogP contribution in [-0.4, -0.2) is 16.7 Å². The molecule has 1 aromatic carbocycles. The molecule has 0 spiro atoms. The second-order valence-corrected chi connectivity index (χ2v) is 4.21. The minimum atomic E-state index is -0.575. The molecule has 0 aliphatic carbocycles. The Balaban J connectivity index is 2.33. The Kier molecular flexibility index (Phi) is 4.03. The van der Waals surface area contributed by atoms with Crippen molar-refractivity contribution in [2.45, 2.75) is 12.3 Å². The number of ketones is 1. The van der Waals surface area contributed by atoms with Crippen LogP contribution in [0.2, 0.25) is 0 Å². The van der Waals surface area contributed by atoms with E-state index < -0.39 is 11.8 Å². The van der Waals surface area contributed by atoms with Gasteiger partial charge in [0.05, 0.1) is 5.92 Å². The Labute approximate surface area is 111 Å². The van der Waals surface area contributed by atoms with Crippen LogP contribution in [-0.2, 0) is 4.79 Å². The molecule has 2 N–H and O–H groups in total. The van der Waals surface area contributed by atoms with Crippen LogP contribution in [0, 0.1) is 0 Å². The van der Waals surface area contributed by atoms with E-state index >= 15 is 0 Å². The van der Waals surface area contributed by atoms with E-state index in [4.69, 9.17) is 5.73 Å². The van der Waals surface area contributed by atoms with Crippen LogP contribution in [0.4, 0.5) is 0 Å². The second-order valence-electron chi connectivity index (χ2n) is 4.21. The summed E-state index contributed by atoms with van der Waals surface area (Å²) in [4.78, 5) is 27.6. The predicted octanol–water partition coefficient (Wildman–Crippen LogP) is 1.92. The summed E-state index contributed by atoms with van der Waals surface area (Å²) in [5, 5.41) is 0. The molecule has 0 saturated heterocycles. The van der Waals surface area contributed by atoms with Gasteiger partial charge in [-0.2, -0.15) is 0 Å². The zero-order valence-corrected chi connectivity index (χ0v) is 10.3. The smallest absolute Gasteiger partial charge is 0.218 e. The lowest BCUT2D eigenvalue weighted by Crippen LogP contribution is -2.22. The first-order chi connectivity index (χ1) is 9.18. The van der Waals surface area contributed by atoms with Gasteiger partial charge < -0.3 is 5.73 Å². The Morgan fingerprint density at radius 2 is 1.74 bits per heavy atom. The Morgan fingerprint density at radius 3 is 2.32 bits per heavy atom. The fourth-order valence-electron chi connectivity index (χ4n) is 1.94. The second kappa shape index (κ2) is 5.91. The average molecular weight is 254 g/mol. The number of amides is 1. The van der Waals surface area contributed by atoms with Crippen LogP contribution in [0.25, 0.3) is 0 Å². The summed E-state index contributed by atoms with van der Waals surface area (Å²) in [7, 11) is 0. The lowest BCUT2D eigenvalue weighted by molar-refractivity contribution is -0.118. The van der Waals surface area contributed by atoms with Crippen LogP contribution in [0.3, 0.4) is 0 Å². The van der Waals surface area contributed by atoms with E-state index in [0.717, 1.165) is 5.56 Å². The van der Waals surface area contributed by atoms with Gasteiger partial charge in [0, 0.05) is 12.6 Å². The number of carbonyl (C=O) groups excluding carboxylic acids is 2. The number of Topliss-reactive ketones (excluding diaryl/α,β-unsaturated/α-hetero) is 1. The molecule has 0 radical (unpaired) electrons. The maximum absolute atomic E-state index is 12.4. The Morgan fingerprint density at radius 1 is 1.05 bits per heavy atom. The van der Waals surface area contributed by atoms with Gasteiger partial charge in [0.15, 0.2) is 5.78 Å². The molecule has 2 aromatic rings. The summed E-state index contributed by atoms with van der Waals surface area (Å²) in [6.45, 7) is 0. The van der Waals surface area contributed by atoms with Gasteiger partial charge in [-0.3, -0.25) is 14.6 Å². The lowest BCUT2D eigenvalue weighted by atomic mass is 9.89. The Hall–Kier alpha value is -2.49. The van der Waals surface area contributed by atoms with E-state index in [1.54, 1.807) is 24.4 Å². The van der Waals surface area contributed by atoms with E-state index in [9.17, 15) is 9.59 Å². The van der Waals surface area contributed by atoms with Crippen molar-refractivity contribution in [3.8, 4) is 0 Å². The molecule has 1 heterocycles. The molecule has 1 amide bonds. The van der Waals surface area contributed by atoms with Gasteiger partial charge in [-0.25, -0.2) is 0 Å². The van der Waals surface area contributed by atoms with Crippen molar-refractivity contribution in [2.24, 2.45) is 5.73 Å². The van der Waals surface area contributed by atoms with Crippen LogP contribution in [0.1, 0.15) is 28.4 Å². The predicted molar refractivity (Wildman–Crippen MR) is 71.6 cm³/mol. The summed E-state index contributed by atoms with van der Waals surface area (Å²) < 4.78 is 0. The van der Waals surface area contributed by atoms with Crippen molar-refractivity contribution in [2.75, 3.05) is 0 Å². The van der Waals surface area contributed by atoms with Crippen LogP contribution in [0.5, 0.6) is 0 Å². The van der Waals surface area contributed by atoms with Crippen LogP contribution in [0.15, 0.2) is 54.7 Å². The third-order valence-electron chi connectivity index (χ3n) is 2.84. The molecule has 4 nitrogen and oxygen atoms in total. The summed E-state index contributed by atoms with van der Waals surface area (Å²) in [5.41, 5.74) is 6.35. The monoisotopic (exact) mass is 254 g/mol. The maximum atomic E-state index is 12.4. The molecular weight excluding hydrogens is 240 g/mol. The molecule has 96 valence electrons. The highest BCUT2D eigenvalue weighted by atomic mass is 16.1. The van der Waals surface area contributed by atoms with Crippen molar-refractivity contribution in [3.63, 3.8) is 0 Å². The summed E-state index contributed by atoms with van der Waals surface area (Å²) in [6.07, 6.45) is 1.54. The number of hydrogen-bond acceptors (Lipinski definition) is 3. The zero-order chi connectivity index (χ0) is 13.7. The molecule has 0 bridgehead atoms. The minimum Gasteiger partial charge on any atom is -0.370 e. The highest BCUT2D eigenvalue weighted by Crippen LogP contribution is 2.23. The molecule has 19 heavy (non-hydrogen) atoms. The third kappa shape index (κ3) is 3.25. The van der Waals surface area contributed by atoms with Gasteiger partial charge in [-0.05, 0) is 17.7 Å². The van der Waals surface area contributed by atoms with Crippen LogP contribution < -0.4 is 5.73 Å². The van der Waals surface area contributed by atoms with Gasteiger partial charge >= 0.3 is 0 Å². The number of carbonyl (C=O) groups is 2. The van der Waals surface area contributed by atoms with Gasteiger partial charge in [-0.1, -0.05) is 36.4 Å². The quantitative estimate of drug-likeness (QED) is 0.828. The number of benzene rings is 1. The van der Waals surface area contributed by atoms with Crippen molar-refractivity contribution in [3.05, 3.63) is 66.0 Å². The molecule has 1 unspecified atom stereocenters. The molecule has 2 rings (SSSR count). The molecule has 0 fully saturated rings.